The van der Waals surface area contributed by atoms with E-state index in [9.17, 15) is 4.79 Å². The van der Waals surface area contributed by atoms with Crippen LogP contribution >= 0.6 is 67.9 Å². The number of hydrogen-bond donors (Lipinski definition) is 2. The second-order valence-electron chi connectivity index (χ2n) is 1.26. The molecular formula is C4H12Br4O3. The summed E-state index contributed by atoms with van der Waals surface area (Å²) in [6, 6.07) is 0. The molecule has 0 heterocycles. The normalized spacial score (nSPS) is 8.55. The van der Waals surface area contributed by atoms with Gasteiger partial charge in [0.15, 0.2) is 6.10 Å². The molecule has 0 saturated carbocycles. The number of carboxylic acids is 1. The summed E-state index contributed by atoms with van der Waals surface area (Å²) in [4.78, 5) is 9.68. The van der Waals surface area contributed by atoms with Crippen LogP contribution in [0.3, 0.4) is 0 Å². The number of carboxylic acid groups (broad SMARTS) is 1. The first-order valence-electron chi connectivity index (χ1n) is 2.09. The third-order valence-electron chi connectivity index (χ3n) is 0.672. The van der Waals surface area contributed by atoms with Crippen LogP contribution in [0.2, 0.25) is 0 Å². The molecule has 0 aliphatic rings. The van der Waals surface area contributed by atoms with Crippen LogP contribution in [0, 0.1) is 0 Å². The summed E-state index contributed by atoms with van der Waals surface area (Å²) in [5.41, 5.74) is 0. The van der Waals surface area contributed by atoms with Crippen LogP contribution < -0.4 is 0 Å². The Labute approximate surface area is 108 Å². The van der Waals surface area contributed by atoms with Gasteiger partial charge in [-0.1, -0.05) is 6.92 Å². The quantitative estimate of drug-likeness (QED) is 0.710. The van der Waals surface area contributed by atoms with E-state index in [1.54, 1.807) is 6.92 Å². The number of rotatable bonds is 2. The molecule has 1 atom stereocenters. The minimum Gasteiger partial charge on any atom is -0.479 e. The third-order valence-corrected chi connectivity index (χ3v) is 0.672. The van der Waals surface area contributed by atoms with Gasteiger partial charge in [-0.25, -0.2) is 4.79 Å². The second-order valence-corrected chi connectivity index (χ2v) is 1.26. The maximum Gasteiger partial charge on any atom is 0.332 e. The lowest BCUT2D eigenvalue weighted by molar-refractivity contribution is -0.146. The SMILES string of the molecule is Br.Br.Br.Br.CCC(O)C(=O)O. The van der Waals surface area contributed by atoms with E-state index in [0.29, 0.717) is 0 Å². The van der Waals surface area contributed by atoms with Gasteiger partial charge in [0.1, 0.15) is 0 Å². The van der Waals surface area contributed by atoms with Gasteiger partial charge < -0.3 is 10.2 Å². The zero-order valence-electron chi connectivity index (χ0n) is 5.72. The van der Waals surface area contributed by atoms with Crippen molar-refractivity contribution in [3.8, 4) is 0 Å². The van der Waals surface area contributed by atoms with Crippen LogP contribution in [0.25, 0.3) is 0 Å². The van der Waals surface area contributed by atoms with Gasteiger partial charge in [0.25, 0.3) is 0 Å². The standard InChI is InChI=1S/C4H8O3.4BrH/c1-2-3(5)4(6)7;;;;/h3,5H,2H2,1H3,(H,6,7);4*1H. The van der Waals surface area contributed by atoms with Crippen LogP contribution in [0.1, 0.15) is 13.3 Å². The van der Waals surface area contributed by atoms with Crippen molar-refractivity contribution in [3.05, 3.63) is 0 Å². The Hall–Kier alpha value is 1.35. The van der Waals surface area contributed by atoms with Crippen LogP contribution in [-0.4, -0.2) is 22.3 Å². The van der Waals surface area contributed by atoms with Crippen LogP contribution in [0.5, 0.6) is 0 Å². The Morgan fingerprint density at radius 1 is 1.27 bits per heavy atom. The van der Waals surface area contributed by atoms with E-state index in [1.165, 1.54) is 0 Å². The summed E-state index contributed by atoms with van der Waals surface area (Å²) in [6.45, 7) is 1.61. The number of aliphatic carboxylic acids is 1. The molecule has 2 N–H and O–H groups in total. The molecular weight excluding hydrogens is 416 g/mol. The molecule has 0 aliphatic heterocycles. The zero-order chi connectivity index (χ0) is 5.86. The van der Waals surface area contributed by atoms with Crippen LogP contribution in [0.4, 0.5) is 0 Å². The van der Waals surface area contributed by atoms with Crippen molar-refractivity contribution in [2.75, 3.05) is 0 Å². The van der Waals surface area contributed by atoms with Crippen molar-refractivity contribution in [3.63, 3.8) is 0 Å². The Kier molecular flexibility index (Phi) is 46.7. The average Bonchev–Trinajstić information content (AvgIpc) is 1.65. The molecule has 1 unspecified atom stereocenters. The smallest absolute Gasteiger partial charge is 0.332 e. The molecule has 0 fully saturated rings. The van der Waals surface area contributed by atoms with Crippen LogP contribution in [0.15, 0.2) is 0 Å². The Morgan fingerprint density at radius 3 is 1.55 bits per heavy atom. The van der Waals surface area contributed by atoms with E-state index in [1.807, 2.05) is 0 Å². The average molecular weight is 428 g/mol. The second kappa shape index (κ2) is 17.4. The molecule has 0 amide bonds. The van der Waals surface area contributed by atoms with Gasteiger partial charge in [-0.05, 0) is 6.42 Å². The van der Waals surface area contributed by atoms with E-state index in [2.05, 4.69) is 0 Å². The highest BCUT2D eigenvalue weighted by molar-refractivity contribution is 8.93. The van der Waals surface area contributed by atoms with E-state index >= 15 is 0 Å². The predicted octanol–water partition coefficient (Wildman–Crippen LogP) is 2.15. The summed E-state index contributed by atoms with van der Waals surface area (Å²) in [5, 5.41) is 16.3. The van der Waals surface area contributed by atoms with Crippen molar-refractivity contribution >= 4 is 73.9 Å². The molecule has 0 aromatic heterocycles. The summed E-state index contributed by atoms with van der Waals surface area (Å²) in [6.07, 6.45) is -0.907. The minimum atomic E-state index is -1.18. The molecule has 0 bridgehead atoms. The lowest BCUT2D eigenvalue weighted by Crippen LogP contribution is -2.17. The van der Waals surface area contributed by atoms with Crippen molar-refractivity contribution in [1.29, 1.82) is 0 Å². The summed E-state index contributed by atoms with van der Waals surface area (Å²) < 4.78 is 0. The maximum absolute atomic E-state index is 9.68. The van der Waals surface area contributed by atoms with E-state index in [4.69, 9.17) is 10.2 Å². The Bertz CT molecular complexity index is 79.7. The molecule has 74 valence electrons. The van der Waals surface area contributed by atoms with Gasteiger partial charge in [-0.15, -0.1) is 67.9 Å². The highest BCUT2D eigenvalue weighted by Crippen LogP contribution is 1.86. The van der Waals surface area contributed by atoms with Crippen molar-refractivity contribution in [1.82, 2.24) is 0 Å². The molecule has 0 aliphatic carbocycles. The maximum atomic E-state index is 9.68. The van der Waals surface area contributed by atoms with Crippen molar-refractivity contribution in [2.24, 2.45) is 0 Å². The summed E-state index contributed by atoms with van der Waals surface area (Å²) >= 11 is 0. The number of aliphatic hydroxyl groups excluding tert-OH is 1. The monoisotopic (exact) mass is 424 g/mol. The predicted molar refractivity (Wildman–Crippen MR) is 65.2 cm³/mol. The summed E-state index contributed by atoms with van der Waals surface area (Å²) in [5.74, 6) is -1.15. The topological polar surface area (TPSA) is 57.5 Å². The Balaban J connectivity index is -0.0000000300. The highest BCUT2D eigenvalue weighted by Gasteiger charge is 2.07. The van der Waals surface area contributed by atoms with Crippen LogP contribution in [-0.2, 0) is 4.79 Å². The minimum absolute atomic E-state index is 0. The van der Waals surface area contributed by atoms with Gasteiger partial charge >= 0.3 is 5.97 Å². The first-order chi connectivity index (χ1) is 3.18. The molecule has 0 aromatic carbocycles. The van der Waals surface area contributed by atoms with Gasteiger partial charge in [0.05, 0.1) is 0 Å². The van der Waals surface area contributed by atoms with Crippen molar-refractivity contribution in [2.45, 2.75) is 19.4 Å². The molecule has 0 saturated heterocycles. The highest BCUT2D eigenvalue weighted by atomic mass is 79.9. The first-order valence-corrected chi connectivity index (χ1v) is 2.09. The van der Waals surface area contributed by atoms with Crippen molar-refractivity contribution < 1.29 is 15.0 Å². The Morgan fingerprint density at radius 2 is 1.55 bits per heavy atom. The van der Waals surface area contributed by atoms with Gasteiger partial charge in [-0.2, -0.15) is 0 Å². The largest absolute Gasteiger partial charge is 0.479 e. The number of aliphatic hydroxyl groups is 1. The fourth-order valence-electron chi connectivity index (χ4n) is 0.175. The van der Waals surface area contributed by atoms with Gasteiger partial charge in [0, 0.05) is 0 Å². The van der Waals surface area contributed by atoms with E-state index in [0.717, 1.165) is 0 Å². The van der Waals surface area contributed by atoms with Gasteiger partial charge in [-0.3, -0.25) is 0 Å². The van der Waals surface area contributed by atoms with Gasteiger partial charge in [0.2, 0.25) is 0 Å². The number of hydrogen-bond acceptors (Lipinski definition) is 2. The molecule has 0 rings (SSSR count). The fraction of sp³-hybridized carbons (Fsp3) is 0.750. The molecule has 11 heavy (non-hydrogen) atoms. The summed E-state index contributed by atoms with van der Waals surface area (Å²) in [7, 11) is 0. The lowest BCUT2D eigenvalue weighted by atomic mass is 10.3. The number of carbonyl (C=O) groups is 1. The molecule has 3 nitrogen and oxygen atoms in total. The van der Waals surface area contributed by atoms with E-state index in [-0.39, 0.29) is 74.3 Å². The fourth-order valence-corrected chi connectivity index (χ4v) is 0.175. The molecule has 0 aromatic rings. The number of halogens is 4. The molecule has 7 heteroatoms. The molecule has 0 spiro atoms. The lowest BCUT2D eigenvalue weighted by Gasteiger charge is -1.95. The van der Waals surface area contributed by atoms with E-state index < -0.39 is 12.1 Å². The zero-order valence-corrected chi connectivity index (χ0v) is 12.6. The third kappa shape index (κ3) is 18.4. The molecule has 0 radical (unpaired) electrons. The first kappa shape index (κ1) is 29.4.